The van der Waals surface area contributed by atoms with Crippen LogP contribution in [-0.2, 0) is 20.7 Å². The molecule has 2 aromatic rings. The Hall–Kier alpha value is -3.48. The zero-order valence-electron chi connectivity index (χ0n) is 24.4. The van der Waals surface area contributed by atoms with E-state index < -0.39 is 11.9 Å². The topological polar surface area (TPSA) is 91.3 Å². The van der Waals surface area contributed by atoms with Crippen molar-refractivity contribution in [1.82, 2.24) is 0 Å². The number of ether oxygens (including phenoxy) is 4. The van der Waals surface area contributed by atoms with Gasteiger partial charge < -0.3 is 24.1 Å². The van der Waals surface area contributed by atoms with Crippen molar-refractivity contribution >= 4 is 17.5 Å². The first-order chi connectivity index (χ1) is 18.5. The Kier molecular flexibility index (Phi) is 12.9. The van der Waals surface area contributed by atoms with Crippen LogP contribution in [0.4, 0.5) is 0 Å². The molecule has 1 N–H and O–H groups in total. The maximum absolute atomic E-state index is 12.7. The molecular weight excluding hydrogens is 496 g/mol. The Labute approximate surface area is 233 Å². The molecule has 39 heavy (non-hydrogen) atoms. The Morgan fingerprint density at radius 3 is 2.03 bits per heavy atom. The molecule has 0 atom stereocenters. The summed E-state index contributed by atoms with van der Waals surface area (Å²) in [4.78, 5) is 24.1. The number of carboxylic acids is 1. The highest BCUT2D eigenvalue weighted by atomic mass is 16.5. The van der Waals surface area contributed by atoms with Gasteiger partial charge in [-0.15, -0.1) is 0 Å². The molecule has 0 bridgehead atoms. The van der Waals surface area contributed by atoms with Crippen molar-refractivity contribution < 1.29 is 33.6 Å². The molecule has 0 saturated heterocycles. The Morgan fingerprint density at radius 2 is 1.44 bits per heavy atom. The second-order valence-corrected chi connectivity index (χ2v) is 10.8. The van der Waals surface area contributed by atoms with E-state index in [9.17, 15) is 14.7 Å². The van der Waals surface area contributed by atoms with Gasteiger partial charge in [0.1, 0.15) is 17.2 Å². The van der Waals surface area contributed by atoms with Crippen molar-refractivity contribution in [3.8, 4) is 17.2 Å². The van der Waals surface area contributed by atoms with E-state index in [-0.39, 0.29) is 18.9 Å². The molecule has 0 saturated carbocycles. The van der Waals surface area contributed by atoms with Gasteiger partial charge in [0.15, 0.2) is 0 Å². The molecule has 0 aliphatic heterocycles. The first-order valence-electron chi connectivity index (χ1n) is 13.8. The summed E-state index contributed by atoms with van der Waals surface area (Å²) in [5.41, 5.74) is 2.80. The highest BCUT2D eigenvalue weighted by Crippen LogP contribution is 2.36. The number of carbonyl (C=O) groups is 2. The first-order valence-corrected chi connectivity index (χ1v) is 13.8. The lowest BCUT2D eigenvalue weighted by atomic mass is 9.93. The summed E-state index contributed by atoms with van der Waals surface area (Å²) < 4.78 is 23.4. The van der Waals surface area contributed by atoms with Crippen LogP contribution in [0, 0.1) is 17.8 Å². The highest BCUT2D eigenvalue weighted by molar-refractivity contribution is 5.97. The molecule has 0 amide bonds. The maximum atomic E-state index is 12.7. The summed E-state index contributed by atoms with van der Waals surface area (Å²) in [6, 6.07) is 11.2. The van der Waals surface area contributed by atoms with Gasteiger partial charge in [-0.25, -0.2) is 4.79 Å². The minimum Gasteiger partial charge on any atom is -0.493 e. The van der Waals surface area contributed by atoms with Crippen LogP contribution in [-0.4, -0.2) is 43.5 Å². The zero-order chi connectivity index (χ0) is 28.9. The fraction of sp³-hybridized carbons (Fsp3) is 0.500. The minimum absolute atomic E-state index is 0.0386. The number of benzene rings is 2. The monoisotopic (exact) mass is 540 g/mol. The van der Waals surface area contributed by atoms with Gasteiger partial charge in [0, 0.05) is 24.1 Å². The lowest BCUT2D eigenvalue weighted by Crippen LogP contribution is -2.09. The second-order valence-electron chi connectivity index (χ2n) is 10.8. The third-order valence-corrected chi connectivity index (χ3v) is 5.50. The molecule has 0 radical (unpaired) electrons. The largest absolute Gasteiger partial charge is 0.493 e. The Bertz CT molecular complexity index is 1120. The van der Waals surface area contributed by atoms with Crippen molar-refractivity contribution in [3.63, 3.8) is 0 Å². The van der Waals surface area contributed by atoms with E-state index in [2.05, 4.69) is 41.5 Å². The molecule has 7 nitrogen and oxygen atoms in total. The molecule has 0 aliphatic rings. The first kappa shape index (κ1) is 31.7. The predicted octanol–water partition coefficient (Wildman–Crippen LogP) is 6.80. The van der Waals surface area contributed by atoms with Crippen molar-refractivity contribution in [1.29, 1.82) is 0 Å². The van der Waals surface area contributed by atoms with Crippen LogP contribution < -0.4 is 14.2 Å². The summed E-state index contributed by atoms with van der Waals surface area (Å²) in [7, 11) is 0. The van der Waals surface area contributed by atoms with Crippen LogP contribution >= 0.6 is 0 Å². The average Bonchev–Trinajstić information content (AvgIpc) is 2.87. The Morgan fingerprint density at radius 1 is 0.821 bits per heavy atom. The van der Waals surface area contributed by atoms with E-state index in [1.807, 2.05) is 36.4 Å². The van der Waals surface area contributed by atoms with E-state index in [1.54, 1.807) is 6.92 Å². The molecule has 0 unspecified atom stereocenters. The highest BCUT2D eigenvalue weighted by Gasteiger charge is 2.18. The van der Waals surface area contributed by atoms with E-state index >= 15 is 0 Å². The van der Waals surface area contributed by atoms with Gasteiger partial charge in [0.25, 0.3) is 0 Å². The fourth-order valence-corrected chi connectivity index (χ4v) is 3.65. The molecule has 7 heteroatoms. The molecule has 2 rings (SSSR count). The quantitative estimate of drug-likeness (QED) is 0.185. The van der Waals surface area contributed by atoms with Crippen LogP contribution in [0.2, 0.25) is 0 Å². The maximum Gasteiger partial charge on any atom is 0.331 e. The lowest BCUT2D eigenvalue weighted by molar-refractivity contribution is -0.138. The third kappa shape index (κ3) is 11.0. The zero-order valence-corrected chi connectivity index (χ0v) is 24.4. The van der Waals surface area contributed by atoms with Gasteiger partial charge in [-0.1, -0.05) is 47.6 Å². The van der Waals surface area contributed by atoms with Gasteiger partial charge >= 0.3 is 11.9 Å². The summed E-state index contributed by atoms with van der Waals surface area (Å²) in [6.45, 7) is 16.0. The molecule has 214 valence electrons. The standard InChI is InChI=1S/C32H44O7/c1-8-36-32(35)17-28(24-9-13-29(38-19-22(4)5)25(15-24)10-14-31(33)34)27-12-11-26(37-18-21(2)3)16-30(27)39-20-23(6)7/h9,11-13,15-17,21-23H,8,10,14,18-20H2,1-7H3,(H,33,34)/b28-17+. The molecule has 2 aromatic carbocycles. The van der Waals surface area contributed by atoms with E-state index in [1.165, 1.54) is 6.08 Å². The number of carbonyl (C=O) groups excluding carboxylic acids is 1. The van der Waals surface area contributed by atoms with E-state index in [0.717, 1.165) is 11.1 Å². The van der Waals surface area contributed by atoms with Gasteiger partial charge in [-0.3, -0.25) is 4.79 Å². The second kappa shape index (κ2) is 15.8. The van der Waals surface area contributed by atoms with Crippen LogP contribution in [0.25, 0.3) is 5.57 Å². The Balaban J connectivity index is 2.65. The van der Waals surface area contributed by atoms with Crippen molar-refractivity contribution in [3.05, 3.63) is 59.2 Å². The molecule has 0 heterocycles. The minimum atomic E-state index is -0.890. The van der Waals surface area contributed by atoms with Gasteiger partial charge in [-0.2, -0.15) is 0 Å². The number of rotatable bonds is 16. The third-order valence-electron chi connectivity index (χ3n) is 5.50. The summed E-state index contributed by atoms with van der Waals surface area (Å²) >= 11 is 0. The van der Waals surface area contributed by atoms with Crippen molar-refractivity contribution in [2.75, 3.05) is 26.4 Å². The van der Waals surface area contributed by atoms with E-state index in [4.69, 9.17) is 18.9 Å². The number of carboxylic acid groups (broad SMARTS) is 1. The predicted molar refractivity (Wildman–Crippen MR) is 154 cm³/mol. The molecule has 0 fully saturated rings. The van der Waals surface area contributed by atoms with Crippen LogP contribution in [0.1, 0.15) is 71.6 Å². The number of aryl methyl sites for hydroxylation is 1. The SMILES string of the molecule is CCOC(=O)/C=C(\c1ccc(OCC(C)C)c(CCC(=O)O)c1)c1ccc(OCC(C)C)cc1OCC(C)C. The fourth-order valence-electron chi connectivity index (χ4n) is 3.65. The lowest BCUT2D eigenvalue weighted by Gasteiger charge is -2.19. The smallest absolute Gasteiger partial charge is 0.331 e. The summed E-state index contributed by atoms with van der Waals surface area (Å²) in [5.74, 6) is 1.51. The van der Waals surface area contributed by atoms with Gasteiger partial charge in [0.05, 0.1) is 26.4 Å². The van der Waals surface area contributed by atoms with Crippen molar-refractivity contribution in [2.24, 2.45) is 17.8 Å². The van der Waals surface area contributed by atoms with Crippen molar-refractivity contribution in [2.45, 2.75) is 61.3 Å². The number of esters is 1. The molecule has 0 spiro atoms. The van der Waals surface area contributed by atoms with Crippen LogP contribution in [0.5, 0.6) is 17.2 Å². The molecule has 0 aromatic heterocycles. The molecule has 0 aliphatic carbocycles. The molecular formula is C32H44O7. The van der Waals surface area contributed by atoms with Gasteiger partial charge in [-0.05, 0) is 72.1 Å². The van der Waals surface area contributed by atoms with Crippen LogP contribution in [0.3, 0.4) is 0 Å². The normalized spacial score (nSPS) is 11.7. The van der Waals surface area contributed by atoms with Gasteiger partial charge in [0.2, 0.25) is 0 Å². The number of aliphatic carboxylic acids is 1. The number of hydrogen-bond donors (Lipinski definition) is 1. The van der Waals surface area contributed by atoms with Crippen LogP contribution in [0.15, 0.2) is 42.5 Å². The summed E-state index contributed by atoms with van der Waals surface area (Å²) in [5, 5.41) is 9.32. The average molecular weight is 541 g/mol. The number of hydrogen-bond acceptors (Lipinski definition) is 6. The summed E-state index contributed by atoms with van der Waals surface area (Å²) in [6.07, 6.45) is 1.71. The van der Waals surface area contributed by atoms with E-state index in [0.29, 0.717) is 66.5 Å².